The van der Waals surface area contributed by atoms with Gasteiger partial charge in [-0.3, -0.25) is 38.7 Å². The summed E-state index contributed by atoms with van der Waals surface area (Å²) >= 11 is 0. The zero-order chi connectivity index (χ0) is 23.1. The second-order valence-electron chi connectivity index (χ2n) is 6.42. The Balaban J connectivity index is 0.00000255. The molecule has 1 heterocycles. The van der Waals surface area contributed by atoms with Gasteiger partial charge in [-0.2, -0.15) is 0 Å². The molecule has 0 atom stereocenters. The summed E-state index contributed by atoms with van der Waals surface area (Å²) in [7, 11) is 0. The van der Waals surface area contributed by atoms with Gasteiger partial charge < -0.3 is 30.8 Å². The normalized spacial score (nSPS) is 12.4. The molecule has 0 aromatic rings. The van der Waals surface area contributed by atoms with Crippen LogP contribution in [0.1, 0.15) is 0 Å². The Bertz CT molecular complexity index is 524. The maximum absolute atomic E-state index is 11.0. The largest absolute Gasteiger partial charge is 0.480 e. The van der Waals surface area contributed by atoms with Crippen LogP contribution in [0.2, 0.25) is 0 Å². The van der Waals surface area contributed by atoms with Crippen LogP contribution in [0.4, 0.5) is 0 Å². The molecule has 0 aliphatic carbocycles. The van der Waals surface area contributed by atoms with E-state index in [-0.39, 0.29) is 26.2 Å². The highest BCUT2D eigenvalue weighted by molar-refractivity contribution is 5.73. The second kappa shape index (κ2) is 15.1. The lowest BCUT2D eigenvalue weighted by Crippen LogP contribution is -2.45. The molecule has 14 heteroatoms. The van der Waals surface area contributed by atoms with E-state index in [4.69, 9.17) is 25.5 Å². The Kier molecular flexibility index (Phi) is 13.7. The molecule has 6 N–H and O–H groups in total. The van der Waals surface area contributed by atoms with Crippen LogP contribution >= 0.6 is 0 Å². The molecule has 0 radical (unpaired) electrons. The summed E-state index contributed by atoms with van der Waals surface area (Å²) < 4.78 is 0. The van der Waals surface area contributed by atoms with E-state index in [0.29, 0.717) is 0 Å². The third-order valence-electron chi connectivity index (χ3n) is 3.51. The average molecular weight is 436 g/mol. The first kappa shape index (κ1) is 27.2. The van der Waals surface area contributed by atoms with Gasteiger partial charge in [-0.25, -0.2) is 0 Å². The van der Waals surface area contributed by atoms with Crippen molar-refractivity contribution in [3.8, 4) is 0 Å². The number of hydrogen-bond acceptors (Lipinski definition) is 9. The van der Waals surface area contributed by atoms with Gasteiger partial charge in [0, 0.05) is 39.3 Å². The van der Waals surface area contributed by atoms with E-state index in [1.807, 2.05) is 0 Å². The van der Waals surface area contributed by atoms with Gasteiger partial charge in [-0.1, -0.05) is 0 Å². The van der Waals surface area contributed by atoms with Gasteiger partial charge in [-0.05, 0) is 0 Å². The quantitative estimate of drug-likeness (QED) is 0.132. The van der Waals surface area contributed by atoms with Crippen molar-refractivity contribution >= 4 is 29.8 Å². The summed E-state index contributed by atoms with van der Waals surface area (Å²) in [6, 6.07) is 0. The summed E-state index contributed by atoms with van der Waals surface area (Å²) in [5.41, 5.74) is 0. The molecule has 172 valence electrons. The van der Waals surface area contributed by atoms with Crippen molar-refractivity contribution in [3.63, 3.8) is 0 Å². The molecule has 1 fully saturated rings. The highest BCUT2D eigenvalue weighted by Gasteiger charge is 2.19. The molecule has 0 bridgehead atoms. The van der Waals surface area contributed by atoms with Gasteiger partial charge in [0.25, 0.3) is 0 Å². The zero-order valence-corrected chi connectivity index (χ0v) is 16.4. The Morgan fingerprint density at radius 3 is 0.900 bits per heavy atom. The summed E-state index contributed by atoms with van der Waals surface area (Å²) in [6.45, 7) is -0.236. The van der Waals surface area contributed by atoms with Crippen LogP contribution in [0, 0.1) is 0 Å². The molecular formula is C16H28N4O10. The molecule has 0 aromatic heterocycles. The average Bonchev–Trinajstić information content (AvgIpc) is 3.43. The maximum atomic E-state index is 11.0. The lowest BCUT2D eigenvalue weighted by atomic mass is 10.3. The molecule has 14 nitrogen and oxygen atoms in total. The smallest absolute Gasteiger partial charge is 0.317 e. The van der Waals surface area contributed by atoms with E-state index >= 15 is 0 Å². The number of hydrogen-bond donors (Lipinski definition) is 6. The molecule has 1 saturated heterocycles. The minimum absolute atomic E-state index is 0.000836. The van der Waals surface area contributed by atoms with Gasteiger partial charge in [0.2, 0.25) is 0 Å². The van der Waals surface area contributed by atoms with Gasteiger partial charge in [-0.15, -0.1) is 0 Å². The molecule has 0 aromatic carbocycles. The van der Waals surface area contributed by atoms with Gasteiger partial charge in [0.15, 0.2) is 0 Å². The van der Waals surface area contributed by atoms with Gasteiger partial charge >= 0.3 is 29.8 Å². The van der Waals surface area contributed by atoms with Crippen molar-refractivity contribution in [1.29, 1.82) is 0 Å². The van der Waals surface area contributed by atoms with Crippen molar-refractivity contribution in [1.82, 2.24) is 20.0 Å². The first-order valence-electron chi connectivity index (χ1n) is 8.96. The third kappa shape index (κ3) is 18.5. The molecule has 0 unspecified atom stereocenters. The van der Waals surface area contributed by atoms with Crippen LogP contribution in [0.5, 0.6) is 0 Å². The summed E-state index contributed by atoms with van der Waals surface area (Å²) in [5.74, 6) is -6.16. The lowest BCUT2D eigenvalue weighted by Gasteiger charge is -2.27. The van der Waals surface area contributed by atoms with Crippen molar-refractivity contribution < 1.29 is 49.5 Å². The molecule has 30 heavy (non-hydrogen) atoms. The monoisotopic (exact) mass is 436 g/mol. The SMILES string of the molecule is C1CN1.O=C(O)CN(CCN(CC(=O)O)CC(=O)O)CCN(CC(=O)O)CC(=O)O. The Hall–Kier alpha value is -2.81. The Morgan fingerprint density at radius 2 is 0.700 bits per heavy atom. The maximum Gasteiger partial charge on any atom is 0.317 e. The number of carbonyl (C=O) groups is 5. The Labute approximate surface area is 172 Å². The van der Waals surface area contributed by atoms with Crippen LogP contribution in [0.15, 0.2) is 0 Å². The standard InChI is InChI=1S/C14H23N3O10.C2H5N/c18-10(19)5-15(1-3-16(6-11(20)21)7-12(22)23)2-4-17(8-13(24)25)9-14(26)27;1-2-3-1/h1-9H2,(H,18,19)(H,20,21)(H,22,23)(H,24,25)(H,26,27);3H,1-2H2. The van der Waals surface area contributed by atoms with Crippen LogP contribution in [0.3, 0.4) is 0 Å². The molecule has 1 aliphatic heterocycles. The van der Waals surface area contributed by atoms with Crippen molar-refractivity contribution in [3.05, 3.63) is 0 Å². The topological polar surface area (TPSA) is 218 Å². The third-order valence-corrected chi connectivity index (χ3v) is 3.51. The first-order valence-corrected chi connectivity index (χ1v) is 8.96. The van der Waals surface area contributed by atoms with E-state index in [0.717, 1.165) is 9.80 Å². The lowest BCUT2D eigenvalue weighted by molar-refractivity contribution is -0.143. The summed E-state index contributed by atoms with van der Waals surface area (Å²) in [5, 5.41) is 47.1. The molecule has 0 spiro atoms. The predicted molar refractivity (Wildman–Crippen MR) is 100 cm³/mol. The minimum atomic E-state index is -1.24. The number of rotatable bonds is 16. The molecule has 0 amide bonds. The number of nitrogens with zero attached hydrogens (tertiary/aromatic N) is 3. The number of aliphatic carboxylic acids is 5. The van der Waals surface area contributed by atoms with Gasteiger partial charge in [0.1, 0.15) is 0 Å². The zero-order valence-electron chi connectivity index (χ0n) is 16.4. The van der Waals surface area contributed by atoms with Crippen molar-refractivity contribution in [2.24, 2.45) is 0 Å². The Morgan fingerprint density at radius 1 is 0.500 bits per heavy atom. The van der Waals surface area contributed by atoms with E-state index in [1.165, 1.54) is 18.0 Å². The fourth-order valence-corrected chi connectivity index (χ4v) is 2.22. The van der Waals surface area contributed by atoms with Gasteiger partial charge in [0.05, 0.1) is 32.7 Å². The van der Waals surface area contributed by atoms with Crippen LogP contribution in [-0.2, 0) is 24.0 Å². The van der Waals surface area contributed by atoms with E-state index in [1.54, 1.807) is 0 Å². The van der Waals surface area contributed by atoms with E-state index in [9.17, 15) is 24.0 Å². The van der Waals surface area contributed by atoms with Crippen LogP contribution < -0.4 is 5.32 Å². The predicted octanol–water partition coefficient (Wildman–Crippen LogP) is -3.09. The molecule has 1 aliphatic rings. The summed E-state index contributed by atoms with van der Waals surface area (Å²) in [6.07, 6.45) is 0. The van der Waals surface area contributed by atoms with E-state index in [2.05, 4.69) is 5.32 Å². The van der Waals surface area contributed by atoms with Crippen molar-refractivity contribution in [2.45, 2.75) is 0 Å². The van der Waals surface area contributed by atoms with Crippen LogP contribution in [0.25, 0.3) is 0 Å². The number of carboxylic acids is 5. The van der Waals surface area contributed by atoms with E-state index < -0.39 is 62.6 Å². The van der Waals surface area contributed by atoms with Crippen LogP contribution in [-0.4, -0.2) is 142 Å². The fourth-order valence-electron chi connectivity index (χ4n) is 2.22. The summed E-state index contributed by atoms with van der Waals surface area (Å²) in [4.78, 5) is 57.6. The highest BCUT2D eigenvalue weighted by Crippen LogP contribution is 1.97. The first-order chi connectivity index (χ1) is 14.0. The molecule has 0 saturated carbocycles. The fraction of sp³-hybridized carbons (Fsp3) is 0.688. The number of carboxylic acid groups (broad SMARTS) is 5. The number of nitrogens with one attached hydrogen (secondary N) is 1. The van der Waals surface area contributed by atoms with Crippen molar-refractivity contribution in [2.75, 3.05) is 72.0 Å². The highest BCUT2D eigenvalue weighted by atomic mass is 16.4. The second-order valence-corrected chi connectivity index (χ2v) is 6.42. The molecule has 1 rings (SSSR count). The molecular weight excluding hydrogens is 408 g/mol. The minimum Gasteiger partial charge on any atom is -0.480 e.